The summed E-state index contributed by atoms with van der Waals surface area (Å²) in [7, 11) is -3.26. The van der Waals surface area contributed by atoms with Crippen LogP contribution in [0.5, 0.6) is 0 Å². The van der Waals surface area contributed by atoms with Gasteiger partial charge in [-0.1, -0.05) is 12.2 Å². The summed E-state index contributed by atoms with van der Waals surface area (Å²) >= 11 is 0. The number of hydrogen-bond donors (Lipinski definition) is 3. The molecule has 0 spiro atoms. The molecule has 0 aromatic rings. The van der Waals surface area contributed by atoms with Crippen LogP contribution < -0.4 is 15.4 Å². The van der Waals surface area contributed by atoms with Crippen LogP contribution in [0.15, 0.2) is 17.1 Å². The van der Waals surface area contributed by atoms with Gasteiger partial charge in [-0.15, -0.1) is 0 Å². The van der Waals surface area contributed by atoms with Crippen LogP contribution in [0.25, 0.3) is 0 Å². The van der Waals surface area contributed by atoms with Crippen molar-refractivity contribution in [2.24, 2.45) is 4.99 Å². The minimum atomic E-state index is -3.26. The third kappa shape index (κ3) is 9.81. The van der Waals surface area contributed by atoms with E-state index in [0.29, 0.717) is 12.6 Å². The lowest BCUT2D eigenvalue weighted by molar-refractivity contribution is 0.221. The second-order valence-electron chi connectivity index (χ2n) is 7.61. The summed E-state index contributed by atoms with van der Waals surface area (Å²) in [6.07, 6.45) is 3.28. The second kappa shape index (κ2) is 9.54. The van der Waals surface area contributed by atoms with Crippen molar-refractivity contribution in [3.8, 4) is 0 Å². The first-order valence-electron chi connectivity index (χ1n) is 8.91. The fourth-order valence-electron chi connectivity index (χ4n) is 2.94. The van der Waals surface area contributed by atoms with E-state index in [1.807, 2.05) is 20.8 Å². The molecule has 1 saturated heterocycles. The van der Waals surface area contributed by atoms with Crippen LogP contribution in [0.2, 0.25) is 0 Å². The third-order valence-corrected chi connectivity index (χ3v) is 4.78. The van der Waals surface area contributed by atoms with Crippen LogP contribution in [0.3, 0.4) is 0 Å². The Bertz CT molecular complexity index is 564. The van der Waals surface area contributed by atoms with Crippen molar-refractivity contribution in [3.05, 3.63) is 12.2 Å². The Morgan fingerprint density at radius 2 is 1.92 bits per heavy atom. The van der Waals surface area contributed by atoms with Gasteiger partial charge in [-0.25, -0.2) is 13.1 Å². The number of piperidine rings is 1. The van der Waals surface area contributed by atoms with E-state index in [1.165, 1.54) is 11.8 Å². The molecule has 1 rings (SSSR count). The number of aliphatic imine (C=N–C) groups is 1. The third-order valence-electron chi connectivity index (χ3n) is 3.86. The van der Waals surface area contributed by atoms with Gasteiger partial charge in [0.15, 0.2) is 5.96 Å². The molecular formula is C17H35N5O2S. The standard InChI is InChI=1S/C17H35N5O2S/c1-7-18-16(19-13-17(4,5)21-25(6,23)24)20-15-8-10-22(11-9-15)12-14(2)3/h15,21H,2,7-13H2,1,3-6H3,(H2,18,19,20). The molecule has 0 saturated carbocycles. The Morgan fingerprint density at radius 1 is 1.32 bits per heavy atom. The Kier molecular flexibility index (Phi) is 8.37. The minimum Gasteiger partial charge on any atom is -0.357 e. The van der Waals surface area contributed by atoms with Gasteiger partial charge in [-0.2, -0.15) is 0 Å². The van der Waals surface area contributed by atoms with Crippen molar-refractivity contribution < 1.29 is 8.42 Å². The second-order valence-corrected chi connectivity index (χ2v) is 9.35. The normalized spacial score (nSPS) is 18.2. The Labute approximate surface area is 153 Å². The van der Waals surface area contributed by atoms with E-state index in [1.54, 1.807) is 0 Å². The molecular weight excluding hydrogens is 338 g/mol. The highest BCUT2D eigenvalue weighted by Gasteiger charge is 2.23. The van der Waals surface area contributed by atoms with Gasteiger partial charge in [0.05, 0.1) is 12.8 Å². The predicted octanol–water partition coefficient (Wildman–Crippen LogP) is 0.910. The largest absolute Gasteiger partial charge is 0.357 e. The van der Waals surface area contributed by atoms with Gasteiger partial charge in [-0.05, 0) is 40.5 Å². The molecule has 0 aromatic heterocycles. The van der Waals surface area contributed by atoms with Gasteiger partial charge in [-0.3, -0.25) is 9.89 Å². The first-order valence-corrected chi connectivity index (χ1v) is 10.8. The smallest absolute Gasteiger partial charge is 0.209 e. The molecule has 0 unspecified atom stereocenters. The van der Waals surface area contributed by atoms with Crippen molar-refractivity contribution in [2.45, 2.75) is 52.1 Å². The molecule has 1 fully saturated rings. The number of hydrogen-bond acceptors (Lipinski definition) is 4. The lowest BCUT2D eigenvalue weighted by Gasteiger charge is -2.33. The molecule has 1 aliphatic heterocycles. The summed E-state index contributed by atoms with van der Waals surface area (Å²) in [4.78, 5) is 6.99. The fraction of sp³-hybridized carbons (Fsp3) is 0.824. The maximum atomic E-state index is 11.4. The van der Waals surface area contributed by atoms with Gasteiger partial charge in [0.2, 0.25) is 10.0 Å². The average Bonchev–Trinajstić information content (AvgIpc) is 2.44. The molecule has 7 nitrogen and oxygen atoms in total. The number of sulfonamides is 1. The summed E-state index contributed by atoms with van der Waals surface area (Å²) in [5.74, 6) is 0.740. The SMILES string of the molecule is C=C(C)CN1CCC(NC(=NCC(C)(C)NS(C)(=O)=O)NCC)CC1. The summed E-state index contributed by atoms with van der Waals surface area (Å²) in [5, 5.41) is 6.72. The topological polar surface area (TPSA) is 85.8 Å². The molecule has 1 heterocycles. The maximum Gasteiger partial charge on any atom is 0.209 e. The molecule has 1 aliphatic rings. The van der Waals surface area contributed by atoms with Crippen molar-refractivity contribution in [1.29, 1.82) is 0 Å². The van der Waals surface area contributed by atoms with Crippen molar-refractivity contribution in [2.75, 3.05) is 39.0 Å². The highest BCUT2D eigenvalue weighted by atomic mass is 32.2. The lowest BCUT2D eigenvalue weighted by Crippen LogP contribution is -2.50. The summed E-state index contributed by atoms with van der Waals surface area (Å²) in [6.45, 7) is 15.9. The molecule has 0 atom stereocenters. The molecule has 0 aliphatic carbocycles. The quantitative estimate of drug-likeness (QED) is 0.334. The van der Waals surface area contributed by atoms with Crippen molar-refractivity contribution in [3.63, 3.8) is 0 Å². The molecule has 0 bridgehead atoms. The zero-order valence-corrected chi connectivity index (χ0v) is 17.2. The highest BCUT2D eigenvalue weighted by molar-refractivity contribution is 7.88. The molecule has 0 aromatic carbocycles. The van der Waals surface area contributed by atoms with Crippen LogP contribution in [0.1, 0.15) is 40.5 Å². The molecule has 0 amide bonds. The zero-order valence-electron chi connectivity index (χ0n) is 16.4. The Morgan fingerprint density at radius 3 is 2.40 bits per heavy atom. The van der Waals surface area contributed by atoms with E-state index in [-0.39, 0.29) is 0 Å². The van der Waals surface area contributed by atoms with Gasteiger partial charge in [0.1, 0.15) is 0 Å². The van der Waals surface area contributed by atoms with E-state index >= 15 is 0 Å². The van der Waals surface area contributed by atoms with E-state index < -0.39 is 15.6 Å². The lowest BCUT2D eigenvalue weighted by atomic mass is 10.0. The van der Waals surface area contributed by atoms with Gasteiger partial charge >= 0.3 is 0 Å². The van der Waals surface area contributed by atoms with Crippen LogP contribution in [0, 0.1) is 0 Å². The summed E-state index contributed by atoms with van der Waals surface area (Å²) < 4.78 is 25.5. The summed E-state index contributed by atoms with van der Waals surface area (Å²) in [5.41, 5.74) is 0.572. The summed E-state index contributed by atoms with van der Waals surface area (Å²) in [6, 6.07) is 0.380. The van der Waals surface area contributed by atoms with E-state index in [4.69, 9.17) is 0 Å². The minimum absolute atomic E-state index is 0.365. The Balaban J connectivity index is 2.58. The molecule has 8 heteroatoms. The number of rotatable bonds is 8. The number of guanidine groups is 1. The van der Waals surface area contributed by atoms with Crippen LogP contribution in [-0.4, -0.2) is 69.8 Å². The number of likely N-dealkylation sites (tertiary alicyclic amines) is 1. The number of nitrogens with zero attached hydrogens (tertiary/aromatic N) is 2. The average molecular weight is 374 g/mol. The first-order chi connectivity index (χ1) is 11.5. The molecule has 25 heavy (non-hydrogen) atoms. The van der Waals surface area contributed by atoms with Crippen molar-refractivity contribution in [1.82, 2.24) is 20.3 Å². The zero-order chi connectivity index (χ0) is 19.1. The van der Waals surface area contributed by atoms with E-state index in [2.05, 4.69) is 38.8 Å². The molecule has 146 valence electrons. The Hall–Kier alpha value is -1.12. The van der Waals surface area contributed by atoms with E-state index in [9.17, 15) is 8.42 Å². The molecule has 3 N–H and O–H groups in total. The maximum absolute atomic E-state index is 11.4. The van der Waals surface area contributed by atoms with Crippen LogP contribution in [-0.2, 0) is 10.0 Å². The van der Waals surface area contributed by atoms with E-state index in [0.717, 1.165) is 45.0 Å². The van der Waals surface area contributed by atoms with Gasteiger partial charge < -0.3 is 10.6 Å². The fourth-order valence-corrected chi connectivity index (χ4v) is 4.01. The number of nitrogens with one attached hydrogen (secondary N) is 3. The molecule has 0 radical (unpaired) electrons. The monoisotopic (exact) mass is 373 g/mol. The highest BCUT2D eigenvalue weighted by Crippen LogP contribution is 2.11. The predicted molar refractivity (Wildman–Crippen MR) is 105 cm³/mol. The van der Waals surface area contributed by atoms with Gasteiger partial charge in [0, 0.05) is 37.8 Å². The first kappa shape index (κ1) is 21.9. The van der Waals surface area contributed by atoms with Gasteiger partial charge in [0.25, 0.3) is 0 Å². The van der Waals surface area contributed by atoms with Crippen LogP contribution in [0.4, 0.5) is 0 Å². The van der Waals surface area contributed by atoms with Crippen molar-refractivity contribution >= 4 is 16.0 Å². The van der Waals surface area contributed by atoms with Crippen LogP contribution >= 0.6 is 0 Å².